The van der Waals surface area contributed by atoms with Gasteiger partial charge in [-0.05, 0) is 22.0 Å². The van der Waals surface area contributed by atoms with E-state index in [4.69, 9.17) is 15.9 Å². The number of ether oxygens (including phenoxy) is 1. The van der Waals surface area contributed by atoms with E-state index < -0.39 is 26.1 Å². The molecule has 0 fully saturated rings. The molecule has 0 heterocycles. The van der Waals surface area contributed by atoms with Crippen LogP contribution in [0.3, 0.4) is 0 Å². The maximum atomic E-state index is 12.1. The first-order valence-corrected chi connectivity index (χ1v) is 7.09. The predicted octanol–water partition coefficient (Wildman–Crippen LogP) is 3.15. The lowest BCUT2D eigenvalue weighted by Crippen LogP contribution is -2.18. The lowest BCUT2D eigenvalue weighted by Gasteiger charge is -2.12. The molecule has 0 amide bonds. The second-order valence-electron chi connectivity index (χ2n) is 2.88. The van der Waals surface area contributed by atoms with Crippen LogP contribution in [0.25, 0.3) is 0 Å². The van der Waals surface area contributed by atoms with Crippen molar-refractivity contribution in [2.75, 3.05) is 0 Å². The van der Waals surface area contributed by atoms with Crippen molar-refractivity contribution in [3.8, 4) is 11.8 Å². The van der Waals surface area contributed by atoms with E-state index in [0.717, 1.165) is 6.07 Å². The van der Waals surface area contributed by atoms with Crippen molar-refractivity contribution in [2.45, 2.75) is 11.3 Å². The van der Waals surface area contributed by atoms with E-state index in [9.17, 15) is 21.6 Å². The predicted molar refractivity (Wildman–Crippen MR) is 58.6 cm³/mol. The average Bonchev–Trinajstić information content (AvgIpc) is 2.16. The smallest absolute Gasteiger partial charge is 0.404 e. The first-order chi connectivity index (χ1) is 8.04. The second kappa shape index (κ2) is 4.95. The molecule has 4 nitrogen and oxygen atoms in total. The van der Waals surface area contributed by atoms with E-state index in [-0.39, 0.29) is 10.0 Å². The molecule has 0 unspecified atom stereocenters. The Labute approximate surface area is 112 Å². The van der Waals surface area contributed by atoms with Gasteiger partial charge in [-0.2, -0.15) is 5.26 Å². The van der Waals surface area contributed by atoms with Gasteiger partial charge in [0.1, 0.15) is 11.0 Å². The Morgan fingerprint density at radius 1 is 1.39 bits per heavy atom. The summed E-state index contributed by atoms with van der Waals surface area (Å²) in [6, 6.07) is 2.97. The number of alkyl halides is 3. The van der Waals surface area contributed by atoms with E-state index in [1.165, 1.54) is 0 Å². The zero-order valence-corrected chi connectivity index (χ0v) is 11.3. The Morgan fingerprint density at radius 2 is 1.94 bits per heavy atom. The number of nitriles is 1. The molecule has 18 heavy (non-hydrogen) atoms. The fourth-order valence-electron chi connectivity index (χ4n) is 1.02. The highest BCUT2D eigenvalue weighted by molar-refractivity contribution is 9.10. The highest BCUT2D eigenvalue weighted by Crippen LogP contribution is 2.35. The van der Waals surface area contributed by atoms with Gasteiger partial charge in [0.25, 0.3) is 9.05 Å². The number of nitrogens with zero attached hydrogens (tertiary/aromatic N) is 1. The zero-order chi connectivity index (χ0) is 14.1. The van der Waals surface area contributed by atoms with Gasteiger partial charge in [0.2, 0.25) is 0 Å². The largest absolute Gasteiger partial charge is 0.573 e. The standard InChI is InChI=1S/C8H2BrClF3NO3S/c9-5-2-7(18(10,15)16)6(1-4(5)3-14)17-8(11,12)13/h1-2H. The summed E-state index contributed by atoms with van der Waals surface area (Å²) in [5.74, 6) is -1.06. The van der Waals surface area contributed by atoms with Crippen molar-refractivity contribution in [2.24, 2.45) is 0 Å². The van der Waals surface area contributed by atoms with Crippen molar-refractivity contribution in [3.63, 3.8) is 0 Å². The van der Waals surface area contributed by atoms with Crippen molar-refractivity contribution >= 4 is 35.7 Å². The van der Waals surface area contributed by atoms with Crippen LogP contribution in [0.15, 0.2) is 21.5 Å². The molecular formula is C8H2BrClF3NO3S. The molecule has 0 bridgehead atoms. The highest BCUT2D eigenvalue weighted by Gasteiger charge is 2.34. The molecule has 10 heteroatoms. The number of hydrogen-bond donors (Lipinski definition) is 0. The molecule has 0 N–H and O–H groups in total. The zero-order valence-electron chi connectivity index (χ0n) is 8.12. The van der Waals surface area contributed by atoms with Crippen LogP contribution in [0.2, 0.25) is 0 Å². The third-order valence-electron chi connectivity index (χ3n) is 1.64. The van der Waals surface area contributed by atoms with E-state index in [1.54, 1.807) is 6.07 Å². The highest BCUT2D eigenvalue weighted by atomic mass is 79.9. The van der Waals surface area contributed by atoms with Gasteiger partial charge in [0.15, 0.2) is 5.75 Å². The van der Waals surface area contributed by atoms with Gasteiger partial charge in [0, 0.05) is 21.2 Å². The maximum absolute atomic E-state index is 12.1. The van der Waals surface area contributed by atoms with Crippen LogP contribution >= 0.6 is 26.6 Å². The number of halogens is 5. The Balaban J connectivity index is 3.52. The van der Waals surface area contributed by atoms with E-state index in [2.05, 4.69) is 20.7 Å². The SMILES string of the molecule is N#Cc1cc(OC(F)(F)F)c(S(=O)(=O)Cl)cc1Br. The van der Waals surface area contributed by atoms with Gasteiger partial charge in [-0.1, -0.05) is 0 Å². The van der Waals surface area contributed by atoms with Gasteiger partial charge in [-0.25, -0.2) is 8.42 Å². The molecule has 1 aromatic rings. The normalized spacial score (nSPS) is 12.0. The summed E-state index contributed by atoms with van der Waals surface area (Å²) in [5.41, 5.74) is -0.224. The summed E-state index contributed by atoms with van der Waals surface area (Å²) in [6.45, 7) is 0. The Kier molecular flexibility index (Phi) is 4.15. The Bertz CT molecular complexity index is 624. The first kappa shape index (κ1) is 15.1. The van der Waals surface area contributed by atoms with Crippen LogP contribution in [-0.2, 0) is 9.05 Å². The van der Waals surface area contributed by atoms with Crippen LogP contribution in [0, 0.1) is 11.3 Å². The van der Waals surface area contributed by atoms with Crippen molar-refractivity contribution in [1.29, 1.82) is 5.26 Å². The van der Waals surface area contributed by atoms with Crippen LogP contribution in [0.4, 0.5) is 13.2 Å². The molecule has 1 aromatic carbocycles. The lowest BCUT2D eigenvalue weighted by atomic mass is 10.2. The summed E-state index contributed by atoms with van der Waals surface area (Å²) in [7, 11) is 0.536. The summed E-state index contributed by atoms with van der Waals surface area (Å²) in [4.78, 5) is -0.882. The van der Waals surface area contributed by atoms with E-state index in [1.807, 2.05) is 0 Å². The van der Waals surface area contributed by atoms with Crippen molar-refractivity contribution in [3.05, 3.63) is 22.2 Å². The molecule has 0 atom stereocenters. The summed E-state index contributed by atoms with van der Waals surface area (Å²) >= 11 is 2.83. The van der Waals surface area contributed by atoms with Gasteiger partial charge >= 0.3 is 6.36 Å². The summed E-state index contributed by atoms with van der Waals surface area (Å²) in [6.07, 6.45) is -5.10. The van der Waals surface area contributed by atoms with Gasteiger partial charge in [-0.15, -0.1) is 13.2 Å². The molecule has 0 aromatic heterocycles. The fraction of sp³-hybridized carbons (Fsp3) is 0.125. The molecule has 0 aliphatic carbocycles. The number of rotatable bonds is 2. The first-order valence-electron chi connectivity index (χ1n) is 3.98. The fourth-order valence-corrected chi connectivity index (χ4v) is 2.56. The minimum Gasteiger partial charge on any atom is -0.404 e. The minimum atomic E-state index is -5.10. The number of benzene rings is 1. The summed E-state index contributed by atoms with van der Waals surface area (Å²) < 4.78 is 62.0. The molecular weight excluding hydrogens is 363 g/mol. The molecule has 98 valence electrons. The van der Waals surface area contributed by atoms with Gasteiger partial charge in [0.05, 0.1) is 5.56 Å². The van der Waals surface area contributed by atoms with Crippen LogP contribution in [0.5, 0.6) is 5.75 Å². The topological polar surface area (TPSA) is 67.2 Å². The number of hydrogen-bond acceptors (Lipinski definition) is 4. The van der Waals surface area contributed by atoms with Crippen LogP contribution in [-0.4, -0.2) is 14.8 Å². The summed E-state index contributed by atoms with van der Waals surface area (Å²) in [5, 5.41) is 8.64. The Morgan fingerprint density at radius 3 is 2.33 bits per heavy atom. The lowest BCUT2D eigenvalue weighted by molar-refractivity contribution is -0.275. The molecule has 0 saturated heterocycles. The van der Waals surface area contributed by atoms with Crippen LogP contribution < -0.4 is 4.74 Å². The van der Waals surface area contributed by atoms with Gasteiger partial charge < -0.3 is 4.74 Å². The molecule has 1 rings (SSSR count). The third kappa shape index (κ3) is 3.76. The molecule has 0 radical (unpaired) electrons. The van der Waals surface area contributed by atoms with Crippen molar-refractivity contribution in [1.82, 2.24) is 0 Å². The second-order valence-corrected chi connectivity index (χ2v) is 6.26. The Hall–Kier alpha value is -0.980. The van der Waals surface area contributed by atoms with E-state index >= 15 is 0 Å². The van der Waals surface area contributed by atoms with Crippen molar-refractivity contribution < 1.29 is 26.3 Å². The molecule has 0 saturated carbocycles. The molecule has 0 aliphatic heterocycles. The van der Waals surface area contributed by atoms with Gasteiger partial charge in [-0.3, -0.25) is 0 Å². The average molecular weight is 365 g/mol. The molecule has 0 spiro atoms. The van der Waals surface area contributed by atoms with E-state index in [0.29, 0.717) is 6.07 Å². The third-order valence-corrected chi connectivity index (χ3v) is 3.64. The quantitative estimate of drug-likeness (QED) is 0.756. The maximum Gasteiger partial charge on any atom is 0.573 e. The van der Waals surface area contributed by atoms with Crippen LogP contribution in [0.1, 0.15) is 5.56 Å². The molecule has 0 aliphatic rings. The minimum absolute atomic E-state index is 0.0150. The monoisotopic (exact) mass is 363 g/mol.